The van der Waals surface area contributed by atoms with Gasteiger partial charge < -0.3 is 4.74 Å². The van der Waals surface area contributed by atoms with Gasteiger partial charge in [-0.15, -0.1) is 11.3 Å². The molecule has 96 valence electrons. The van der Waals surface area contributed by atoms with Crippen molar-refractivity contribution in [3.63, 3.8) is 0 Å². The summed E-state index contributed by atoms with van der Waals surface area (Å²) in [5.74, 6) is 0.149. The van der Waals surface area contributed by atoms with Crippen molar-refractivity contribution in [3.05, 3.63) is 35.2 Å². The van der Waals surface area contributed by atoms with Gasteiger partial charge in [0.05, 0.1) is 0 Å². The van der Waals surface area contributed by atoms with E-state index in [0.29, 0.717) is 12.8 Å². The van der Waals surface area contributed by atoms with Gasteiger partial charge in [-0.1, -0.05) is 25.1 Å². The van der Waals surface area contributed by atoms with Crippen LogP contribution in [0.5, 0.6) is 0 Å². The van der Waals surface area contributed by atoms with Gasteiger partial charge in [0.2, 0.25) is 0 Å². The molecule has 1 atom stereocenters. The quantitative estimate of drug-likeness (QED) is 0.818. The summed E-state index contributed by atoms with van der Waals surface area (Å²) in [5, 5.41) is 3.26. The maximum atomic E-state index is 12.3. The largest absolute Gasteiger partial charge is 0.371 e. The summed E-state index contributed by atoms with van der Waals surface area (Å²) in [4.78, 5) is 12.3. The fraction of sp³-hybridized carbons (Fsp3) is 0.400. The molecular formula is C15H18O2S. The first-order valence-corrected chi connectivity index (χ1v) is 7.02. The standard InChI is InChI=1S/C15H18O2S/c1-4-15(2,17-3)14(16)9-11-10-18-13-8-6-5-7-12(11)13/h5-8,10H,4,9H2,1-3H3. The lowest BCUT2D eigenvalue weighted by atomic mass is 9.92. The molecule has 0 bridgehead atoms. The number of benzene rings is 1. The number of ether oxygens (including phenoxy) is 1. The molecular weight excluding hydrogens is 244 g/mol. The second-order valence-corrected chi connectivity index (χ2v) is 5.56. The predicted octanol–water partition coefficient (Wildman–Crippen LogP) is 3.83. The molecule has 18 heavy (non-hydrogen) atoms. The van der Waals surface area contributed by atoms with Gasteiger partial charge in [0.25, 0.3) is 0 Å². The molecule has 1 heterocycles. The second-order valence-electron chi connectivity index (χ2n) is 4.65. The summed E-state index contributed by atoms with van der Waals surface area (Å²) in [5.41, 5.74) is 0.445. The van der Waals surface area contributed by atoms with Gasteiger partial charge in [0.1, 0.15) is 5.60 Å². The third kappa shape index (κ3) is 2.33. The normalized spacial score (nSPS) is 14.6. The van der Waals surface area contributed by atoms with Gasteiger partial charge in [-0.2, -0.15) is 0 Å². The topological polar surface area (TPSA) is 26.3 Å². The highest BCUT2D eigenvalue weighted by Crippen LogP contribution is 2.28. The average molecular weight is 262 g/mol. The van der Waals surface area contributed by atoms with Crippen molar-refractivity contribution in [2.45, 2.75) is 32.3 Å². The number of rotatable bonds is 5. The van der Waals surface area contributed by atoms with Gasteiger partial charge in [0, 0.05) is 18.2 Å². The number of fused-ring (bicyclic) bond motifs is 1. The first-order chi connectivity index (χ1) is 8.60. The first kappa shape index (κ1) is 13.2. The summed E-state index contributed by atoms with van der Waals surface area (Å²) in [6, 6.07) is 8.20. The Hall–Kier alpha value is -1.19. The second kappa shape index (κ2) is 5.21. The Labute approximate surface area is 112 Å². The highest BCUT2D eigenvalue weighted by molar-refractivity contribution is 7.17. The van der Waals surface area contributed by atoms with Crippen LogP contribution in [-0.4, -0.2) is 18.5 Å². The zero-order chi connectivity index (χ0) is 13.2. The fourth-order valence-electron chi connectivity index (χ4n) is 1.98. The van der Waals surface area contributed by atoms with Crippen LogP contribution in [-0.2, 0) is 16.0 Å². The van der Waals surface area contributed by atoms with E-state index in [0.717, 1.165) is 5.56 Å². The molecule has 0 amide bonds. The third-order valence-corrected chi connectivity index (χ3v) is 4.64. The minimum absolute atomic E-state index is 0.149. The molecule has 1 aromatic carbocycles. The molecule has 2 rings (SSSR count). The zero-order valence-corrected chi connectivity index (χ0v) is 11.8. The lowest BCUT2D eigenvalue weighted by Crippen LogP contribution is -2.37. The Morgan fingerprint density at radius 3 is 2.78 bits per heavy atom. The summed E-state index contributed by atoms with van der Waals surface area (Å²) in [6.45, 7) is 3.84. The van der Waals surface area contributed by atoms with Crippen molar-refractivity contribution in [1.82, 2.24) is 0 Å². The maximum Gasteiger partial charge on any atom is 0.168 e. The number of methoxy groups -OCH3 is 1. The van der Waals surface area contributed by atoms with Crippen LogP contribution in [0.15, 0.2) is 29.6 Å². The Kier molecular flexibility index (Phi) is 3.83. The smallest absolute Gasteiger partial charge is 0.168 e. The molecule has 0 spiro atoms. The molecule has 2 aromatic rings. The highest BCUT2D eigenvalue weighted by Gasteiger charge is 2.30. The summed E-state index contributed by atoms with van der Waals surface area (Å²) < 4.78 is 6.60. The number of Topliss-reactive ketones (excluding diaryl/α,β-unsaturated/α-hetero) is 1. The zero-order valence-electron chi connectivity index (χ0n) is 11.0. The minimum Gasteiger partial charge on any atom is -0.371 e. The van der Waals surface area contributed by atoms with Gasteiger partial charge in [-0.3, -0.25) is 4.79 Å². The van der Waals surface area contributed by atoms with Crippen LogP contribution in [0.25, 0.3) is 10.1 Å². The van der Waals surface area contributed by atoms with E-state index in [1.54, 1.807) is 18.4 Å². The van der Waals surface area contributed by atoms with Crippen LogP contribution < -0.4 is 0 Å². The van der Waals surface area contributed by atoms with Crippen LogP contribution in [0.2, 0.25) is 0 Å². The van der Waals surface area contributed by atoms with E-state index in [-0.39, 0.29) is 5.78 Å². The maximum absolute atomic E-state index is 12.3. The van der Waals surface area contributed by atoms with E-state index in [1.807, 2.05) is 26.0 Å². The van der Waals surface area contributed by atoms with Crippen LogP contribution in [0.4, 0.5) is 0 Å². The Bertz CT molecular complexity index is 552. The molecule has 3 heteroatoms. The molecule has 0 saturated carbocycles. The summed E-state index contributed by atoms with van der Waals surface area (Å²) in [7, 11) is 1.60. The van der Waals surface area contributed by atoms with Crippen LogP contribution in [0.3, 0.4) is 0 Å². The monoisotopic (exact) mass is 262 g/mol. The van der Waals surface area contributed by atoms with E-state index >= 15 is 0 Å². The molecule has 0 aliphatic carbocycles. The van der Waals surface area contributed by atoms with Crippen LogP contribution >= 0.6 is 11.3 Å². The number of carbonyl (C=O) groups excluding carboxylic acids is 1. The van der Waals surface area contributed by atoms with Crippen molar-refractivity contribution in [2.24, 2.45) is 0 Å². The molecule has 1 aromatic heterocycles. The van der Waals surface area contributed by atoms with Crippen LogP contribution in [0.1, 0.15) is 25.8 Å². The molecule has 0 N–H and O–H groups in total. The van der Waals surface area contributed by atoms with Gasteiger partial charge >= 0.3 is 0 Å². The lowest BCUT2D eigenvalue weighted by Gasteiger charge is -2.24. The Morgan fingerprint density at radius 2 is 2.11 bits per heavy atom. The van der Waals surface area contributed by atoms with Crippen LogP contribution in [0, 0.1) is 0 Å². The SMILES string of the molecule is CCC(C)(OC)C(=O)Cc1csc2ccccc12. The lowest BCUT2D eigenvalue weighted by molar-refractivity contribution is -0.138. The number of carbonyl (C=O) groups is 1. The van der Waals surface area contributed by atoms with Crippen molar-refractivity contribution in [3.8, 4) is 0 Å². The van der Waals surface area contributed by atoms with E-state index in [1.165, 1.54) is 10.1 Å². The molecule has 0 aliphatic rings. The molecule has 0 radical (unpaired) electrons. The summed E-state index contributed by atoms with van der Waals surface area (Å²) >= 11 is 1.69. The van der Waals surface area contributed by atoms with Crippen molar-refractivity contribution in [1.29, 1.82) is 0 Å². The first-order valence-electron chi connectivity index (χ1n) is 6.14. The number of ketones is 1. The Morgan fingerprint density at radius 1 is 1.39 bits per heavy atom. The fourth-order valence-corrected chi connectivity index (χ4v) is 2.95. The highest BCUT2D eigenvalue weighted by atomic mass is 32.1. The van der Waals surface area contributed by atoms with Gasteiger partial charge in [-0.05, 0) is 35.7 Å². The van der Waals surface area contributed by atoms with E-state index in [4.69, 9.17) is 4.74 Å². The third-order valence-electron chi connectivity index (χ3n) is 3.63. The molecule has 0 saturated heterocycles. The predicted molar refractivity (Wildman–Crippen MR) is 76.2 cm³/mol. The molecule has 0 aliphatic heterocycles. The van der Waals surface area contributed by atoms with E-state index in [2.05, 4.69) is 17.5 Å². The average Bonchev–Trinajstić information content (AvgIpc) is 2.81. The van der Waals surface area contributed by atoms with Crippen molar-refractivity contribution < 1.29 is 9.53 Å². The van der Waals surface area contributed by atoms with E-state index < -0.39 is 5.60 Å². The molecule has 2 nitrogen and oxygen atoms in total. The summed E-state index contributed by atoms with van der Waals surface area (Å²) in [6.07, 6.45) is 1.15. The number of hydrogen-bond acceptors (Lipinski definition) is 3. The number of hydrogen-bond donors (Lipinski definition) is 0. The van der Waals surface area contributed by atoms with Gasteiger partial charge in [-0.25, -0.2) is 0 Å². The molecule has 0 fully saturated rings. The minimum atomic E-state index is -0.664. The number of thiophene rings is 1. The van der Waals surface area contributed by atoms with Gasteiger partial charge in [0.15, 0.2) is 5.78 Å². The van der Waals surface area contributed by atoms with E-state index in [9.17, 15) is 4.79 Å². The van der Waals surface area contributed by atoms with Crippen molar-refractivity contribution in [2.75, 3.05) is 7.11 Å². The van der Waals surface area contributed by atoms with Crippen molar-refractivity contribution >= 4 is 27.2 Å². The molecule has 1 unspecified atom stereocenters. The Balaban J connectivity index is 2.27.